The van der Waals surface area contributed by atoms with Crippen LogP contribution in [-0.4, -0.2) is 47.4 Å². The van der Waals surface area contributed by atoms with Crippen LogP contribution in [-0.2, 0) is 12.7 Å². The third kappa shape index (κ3) is 6.43. The van der Waals surface area contributed by atoms with Crippen molar-refractivity contribution < 1.29 is 13.2 Å². The van der Waals surface area contributed by atoms with E-state index in [2.05, 4.69) is 31.0 Å². The van der Waals surface area contributed by atoms with Gasteiger partial charge in [0.15, 0.2) is 5.96 Å². The van der Waals surface area contributed by atoms with Crippen LogP contribution >= 0.6 is 0 Å². The fraction of sp³-hybridized carbons (Fsp3) is 0.500. The van der Waals surface area contributed by atoms with E-state index in [1.807, 2.05) is 24.6 Å². The van der Waals surface area contributed by atoms with E-state index in [1.54, 1.807) is 7.05 Å². The molecule has 2 aromatic rings. The molecule has 0 aliphatic carbocycles. The van der Waals surface area contributed by atoms with Crippen molar-refractivity contribution in [1.82, 2.24) is 25.4 Å². The molecule has 154 valence electrons. The molecule has 0 atom stereocenters. The van der Waals surface area contributed by atoms with Crippen LogP contribution in [0.15, 0.2) is 29.4 Å². The maximum absolute atomic E-state index is 12.9. The fourth-order valence-corrected chi connectivity index (χ4v) is 2.69. The van der Waals surface area contributed by atoms with Gasteiger partial charge in [-0.15, -0.1) is 0 Å². The number of halogens is 3. The van der Waals surface area contributed by atoms with Crippen LogP contribution < -0.4 is 16.0 Å². The Hall–Kier alpha value is -2.78. The summed E-state index contributed by atoms with van der Waals surface area (Å²) in [6.45, 7) is 6.14. The Kier molecular flexibility index (Phi) is 7.65. The summed E-state index contributed by atoms with van der Waals surface area (Å²) < 4.78 is 40.8. The Morgan fingerprint density at radius 2 is 1.93 bits per heavy atom. The van der Waals surface area contributed by atoms with Gasteiger partial charge in [0.1, 0.15) is 5.82 Å². The van der Waals surface area contributed by atoms with Gasteiger partial charge in [0.2, 0.25) is 0 Å². The number of hydrogen-bond acceptors (Lipinski definition) is 4. The van der Waals surface area contributed by atoms with Crippen molar-refractivity contribution in [2.45, 2.75) is 33.0 Å². The predicted molar refractivity (Wildman–Crippen MR) is 103 cm³/mol. The van der Waals surface area contributed by atoms with Crippen LogP contribution in [0.25, 0.3) is 0 Å². The maximum atomic E-state index is 12.9. The first kappa shape index (κ1) is 21.5. The highest BCUT2D eigenvalue weighted by Gasteiger charge is 2.33. The van der Waals surface area contributed by atoms with Crippen LogP contribution in [0.4, 0.5) is 19.0 Å². The molecule has 28 heavy (non-hydrogen) atoms. The van der Waals surface area contributed by atoms with E-state index in [1.165, 1.54) is 12.3 Å². The first-order chi connectivity index (χ1) is 13.3. The standard InChI is InChI=1S/C18H26F3N7/c1-13-12-14(2)28(27-13)11-5-8-25-17(22-3)26-10-9-24-16-15(18(19,20)21)6-4-7-23-16/h4,6-7,12H,5,8-11H2,1-3H3,(H,23,24)(H2,22,25,26). The minimum atomic E-state index is -4.44. The summed E-state index contributed by atoms with van der Waals surface area (Å²) >= 11 is 0. The summed E-state index contributed by atoms with van der Waals surface area (Å²) in [6, 6.07) is 4.31. The van der Waals surface area contributed by atoms with Crippen LogP contribution in [0.3, 0.4) is 0 Å². The number of aromatic nitrogens is 3. The Balaban J connectivity index is 1.70. The number of aryl methyl sites for hydroxylation is 3. The van der Waals surface area contributed by atoms with E-state index in [0.717, 1.165) is 30.4 Å². The molecule has 2 heterocycles. The zero-order chi connectivity index (χ0) is 20.6. The van der Waals surface area contributed by atoms with E-state index in [9.17, 15) is 13.2 Å². The summed E-state index contributed by atoms with van der Waals surface area (Å²) in [5.74, 6) is 0.414. The van der Waals surface area contributed by atoms with Gasteiger partial charge in [-0.25, -0.2) is 4.98 Å². The first-order valence-electron chi connectivity index (χ1n) is 9.03. The van der Waals surface area contributed by atoms with Crippen molar-refractivity contribution >= 4 is 11.8 Å². The van der Waals surface area contributed by atoms with Crippen molar-refractivity contribution in [1.29, 1.82) is 0 Å². The lowest BCUT2D eigenvalue weighted by Gasteiger charge is -2.15. The molecule has 0 aromatic carbocycles. The van der Waals surface area contributed by atoms with Crippen molar-refractivity contribution in [3.05, 3.63) is 41.3 Å². The minimum absolute atomic E-state index is 0.176. The van der Waals surface area contributed by atoms with Gasteiger partial charge in [0.05, 0.1) is 11.3 Å². The number of nitrogens with zero attached hydrogens (tertiary/aromatic N) is 4. The molecule has 0 saturated carbocycles. The van der Waals surface area contributed by atoms with Crippen molar-refractivity contribution in [2.75, 3.05) is 32.0 Å². The lowest BCUT2D eigenvalue weighted by Crippen LogP contribution is -2.40. The Labute approximate surface area is 162 Å². The molecule has 0 unspecified atom stereocenters. The average molecular weight is 397 g/mol. The summed E-state index contributed by atoms with van der Waals surface area (Å²) in [4.78, 5) is 7.87. The number of pyridine rings is 1. The van der Waals surface area contributed by atoms with Crippen LogP contribution in [0.5, 0.6) is 0 Å². The van der Waals surface area contributed by atoms with Crippen molar-refractivity contribution in [3.8, 4) is 0 Å². The third-order valence-electron chi connectivity index (χ3n) is 3.99. The summed E-state index contributed by atoms with van der Waals surface area (Å²) in [5, 5.41) is 13.3. The first-order valence-corrected chi connectivity index (χ1v) is 9.03. The second-order valence-corrected chi connectivity index (χ2v) is 6.25. The Morgan fingerprint density at radius 3 is 2.57 bits per heavy atom. The number of aliphatic imine (C=N–C) groups is 1. The van der Waals surface area contributed by atoms with Crippen molar-refractivity contribution in [3.63, 3.8) is 0 Å². The largest absolute Gasteiger partial charge is 0.419 e. The number of anilines is 1. The molecule has 0 bridgehead atoms. The second kappa shape index (κ2) is 9.95. The van der Waals surface area contributed by atoms with Crippen LogP contribution in [0.1, 0.15) is 23.4 Å². The van der Waals surface area contributed by atoms with Crippen LogP contribution in [0.2, 0.25) is 0 Å². The second-order valence-electron chi connectivity index (χ2n) is 6.25. The molecule has 0 fully saturated rings. The molecule has 0 aliphatic heterocycles. The van der Waals surface area contributed by atoms with Gasteiger partial charge >= 0.3 is 6.18 Å². The molecule has 0 amide bonds. The van der Waals surface area contributed by atoms with E-state index >= 15 is 0 Å². The molecule has 2 rings (SSSR count). The normalized spacial score (nSPS) is 12.1. The summed E-state index contributed by atoms with van der Waals surface area (Å²) in [6.07, 6.45) is -2.24. The van der Waals surface area contributed by atoms with E-state index in [4.69, 9.17) is 0 Å². The SMILES string of the molecule is CN=C(NCCCn1nc(C)cc1C)NCCNc1ncccc1C(F)(F)F. The molecular weight excluding hydrogens is 371 g/mol. The molecule has 3 N–H and O–H groups in total. The maximum Gasteiger partial charge on any atom is 0.419 e. The fourth-order valence-electron chi connectivity index (χ4n) is 2.69. The molecule has 7 nitrogen and oxygen atoms in total. The Morgan fingerprint density at radius 1 is 1.18 bits per heavy atom. The topological polar surface area (TPSA) is 79.2 Å². The smallest absolute Gasteiger partial charge is 0.368 e. The number of guanidine groups is 1. The summed E-state index contributed by atoms with van der Waals surface area (Å²) in [7, 11) is 1.64. The van der Waals surface area contributed by atoms with Crippen LogP contribution in [0, 0.1) is 13.8 Å². The van der Waals surface area contributed by atoms with E-state index in [0.29, 0.717) is 19.0 Å². The highest BCUT2D eigenvalue weighted by atomic mass is 19.4. The molecule has 0 saturated heterocycles. The van der Waals surface area contributed by atoms with Gasteiger partial charge in [-0.05, 0) is 38.5 Å². The third-order valence-corrected chi connectivity index (χ3v) is 3.99. The van der Waals surface area contributed by atoms with Crippen molar-refractivity contribution in [2.24, 2.45) is 4.99 Å². The zero-order valence-electron chi connectivity index (χ0n) is 16.3. The zero-order valence-corrected chi connectivity index (χ0v) is 16.3. The number of hydrogen-bond donors (Lipinski definition) is 3. The molecule has 0 spiro atoms. The lowest BCUT2D eigenvalue weighted by atomic mass is 10.2. The minimum Gasteiger partial charge on any atom is -0.368 e. The number of alkyl halides is 3. The average Bonchev–Trinajstić information content (AvgIpc) is 2.97. The van der Waals surface area contributed by atoms with Gasteiger partial charge in [0, 0.05) is 45.1 Å². The number of rotatable bonds is 8. The van der Waals surface area contributed by atoms with Gasteiger partial charge in [-0.1, -0.05) is 0 Å². The molecular formula is C18H26F3N7. The predicted octanol–water partition coefficient (Wildman–Crippen LogP) is 2.58. The molecule has 10 heteroatoms. The highest BCUT2D eigenvalue weighted by molar-refractivity contribution is 5.79. The van der Waals surface area contributed by atoms with Gasteiger partial charge < -0.3 is 16.0 Å². The highest BCUT2D eigenvalue weighted by Crippen LogP contribution is 2.33. The summed E-state index contributed by atoms with van der Waals surface area (Å²) in [5.41, 5.74) is 1.34. The monoisotopic (exact) mass is 397 g/mol. The molecule has 0 radical (unpaired) electrons. The number of nitrogens with one attached hydrogen (secondary N) is 3. The Bertz CT molecular complexity index is 784. The lowest BCUT2D eigenvalue weighted by molar-refractivity contribution is -0.137. The molecule has 0 aliphatic rings. The van der Waals surface area contributed by atoms with E-state index in [-0.39, 0.29) is 12.4 Å². The molecule has 2 aromatic heterocycles. The van der Waals surface area contributed by atoms with E-state index < -0.39 is 11.7 Å². The van der Waals surface area contributed by atoms with Gasteiger partial charge in [-0.3, -0.25) is 9.67 Å². The quantitative estimate of drug-likeness (QED) is 0.363. The van der Waals surface area contributed by atoms with Gasteiger partial charge in [0.25, 0.3) is 0 Å². The van der Waals surface area contributed by atoms with Gasteiger partial charge in [-0.2, -0.15) is 18.3 Å².